The van der Waals surface area contributed by atoms with Gasteiger partial charge in [0.1, 0.15) is 5.60 Å². The third kappa shape index (κ3) is 4.86. The van der Waals surface area contributed by atoms with Crippen molar-refractivity contribution in [3.63, 3.8) is 0 Å². The largest absolute Gasteiger partial charge is 0.383 e. The van der Waals surface area contributed by atoms with Crippen LogP contribution in [0.3, 0.4) is 0 Å². The minimum absolute atomic E-state index is 0.240. The highest BCUT2D eigenvalue weighted by atomic mass is 16.3. The minimum atomic E-state index is -1.07. The number of guanidine groups is 1. The SMILES string of the molecule is CCNC(=NCC(C)(O)c1cnn(C)c1)NCCc1cccc2cccnc12. The lowest BCUT2D eigenvalue weighted by Crippen LogP contribution is -2.39. The van der Waals surface area contributed by atoms with Crippen LogP contribution < -0.4 is 10.6 Å². The van der Waals surface area contributed by atoms with E-state index >= 15 is 0 Å². The fourth-order valence-corrected chi connectivity index (χ4v) is 3.05. The summed E-state index contributed by atoms with van der Waals surface area (Å²) in [6, 6.07) is 10.3. The monoisotopic (exact) mass is 380 g/mol. The Kier molecular flexibility index (Phi) is 6.26. The van der Waals surface area contributed by atoms with Crippen LogP contribution in [0.2, 0.25) is 0 Å². The summed E-state index contributed by atoms with van der Waals surface area (Å²) in [5.74, 6) is 0.680. The quantitative estimate of drug-likeness (QED) is 0.431. The second-order valence-corrected chi connectivity index (χ2v) is 7.04. The number of nitrogens with one attached hydrogen (secondary N) is 2. The molecule has 0 saturated carbocycles. The van der Waals surface area contributed by atoms with Crippen LogP contribution in [0.1, 0.15) is 25.0 Å². The number of hydrogen-bond acceptors (Lipinski definition) is 4. The number of aryl methyl sites for hydroxylation is 1. The van der Waals surface area contributed by atoms with Gasteiger partial charge in [0.2, 0.25) is 0 Å². The Morgan fingerprint density at radius 2 is 2.07 bits per heavy atom. The van der Waals surface area contributed by atoms with Crippen LogP contribution in [0.25, 0.3) is 10.9 Å². The average molecular weight is 380 g/mol. The summed E-state index contributed by atoms with van der Waals surface area (Å²) in [5.41, 5.74) is 1.91. The number of aliphatic hydroxyl groups is 1. The first-order valence-corrected chi connectivity index (χ1v) is 9.56. The summed E-state index contributed by atoms with van der Waals surface area (Å²) in [4.78, 5) is 9.06. The lowest BCUT2D eigenvalue weighted by molar-refractivity contribution is 0.0672. The van der Waals surface area contributed by atoms with Gasteiger partial charge >= 0.3 is 0 Å². The summed E-state index contributed by atoms with van der Waals surface area (Å²) in [6.45, 7) is 5.47. The van der Waals surface area contributed by atoms with Crippen LogP contribution in [0, 0.1) is 0 Å². The molecule has 7 heteroatoms. The van der Waals surface area contributed by atoms with Gasteiger partial charge in [-0.2, -0.15) is 5.10 Å². The van der Waals surface area contributed by atoms with Gasteiger partial charge in [0.15, 0.2) is 5.96 Å². The van der Waals surface area contributed by atoms with Crippen molar-refractivity contribution in [2.75, 3.05) is 19.6 Å². The van der Waals surface area contributed by atoms with Crippen LogP contribution in [0.15, 0.2) is 53.9 Å². The Morgan fingerprint density at radius 3 is 2.82 bits per heavy atom. The fraction of sp³-hybridized carbons (Fsp3) is 0.381. The maximum absolute atomic E-state index is 10.7. The van der Waals surface area contributed by atoms with Gasteiger partial charge in [-0.15, -0.1) is 0 Å². The molecule has 1 aromatic carbocycles. The van der Waals surface area contributed by atoms with Gasteiger partial charge in [-0.05, 0) is 31.9 Å². The van der Waals surface area contributed by atoms with Crippen molar-refractivity contribution in [1.29, 1.82) is 0 Å². The Hall–Kier alpha value is -2.93. The topological polar surface area (TPSA) is 87.4 Å². The van der Waals surface area contributed by atoms with Gasteiger partial charge in [-0.3, -0.25) is 9.67 Å². The first-order chi connectivity index (χ1) is 13.5. The zero-order valence-electron chi connectivity index (χ0n) is 16.7. The van der Waals surface area contributed by atoms with E-state index in [1.807, 2.05) is 32.4 Å². The zero-order chi connectivity index (χ0) is 20.0. The van der Waals surface area contributed by atoms with Crippen molar-refractivity contribution < 1.29 is 5.11 Å². The summed E-state index contributed by atoms with van der Waals surface area (Å²) >= 11 is 0. The number of aromatic nitrogens is 3. The van der Waals surface area contributed by atoms with Gasteiger partial charge in [-0.1, -0.05) is 24.3 Å². The predicted molar refractivity (Wildman–Crippen MR) is 112 cm³/mol. The molecule has 7 nitrogen and oxygen atoms in total. The van der Waals surface area contributed by atoms with Crippen molar-refractivity contribution in [3.8, 4) is 0 Å². The second kappa shape index (κ2) is 8.84. The molecule has 0 aliphatic rings. The summed E-state index contributed by atoms with van der Waals surface area (Å²) in [6.07, 6.45) is 6.13. The molecule has 0 fully saturated rings. The standard InChI is InChI=1S/C21H28N6O/c1-4-22-20(25-15-21(2,28)18-13-26-27(3)14-18)24-12-10-17-8-5-7-16-9-6-11-23-19(16)17/h5-9,11,13-14,28H,4,10,12,15H2,1-3H3,(H2,22,24,25). The number of rotatable bonds is 7. The van der Waals surface area contributed by atoms with Gasteiger partial charge in [0.25, 0.3) is 0 Å². The molecule has 1 unspecified atom stereocenters. The van der Waals surface area contributed by atoms with Crippen molar-refractivity contribution >= 4 is 16.9 Å². The number of para-hydroxylation sites is 1. The molecule has 28 heavy (non-hydrogen) atoms. The zero-order valence-corrected chi connectivity index (χ0v) is 16.7. The van der Waals surface area contributed by atoms with Crippen LogP contribution >= 0.6 is 0 Å². The molecular formula is C21H28N6O. The van der Waals surface area contributed by atoms with Crippen LogP contribution in [0.5, 0.6) is 0 Å². The Bertz CT molecular complexity index is 941. The molecule has 148 valence electrons. The molecule has 1 atom stereocenters. The summed E-state index contributed by atoms with van der Waals surface area (Å²) < 4.78 is 1.68. The number of aliphatic imine (C=N–C) groups is 1. The molecule has 0 spiro atoms. The summed E-state index contributed by atoms with van der Waals surface area (Å²) in [5, 5.41) is 22.6. The van der Waals surface area contributed by atoms with Gasteiger partial charge in [-0.25, -0.2) is 4.99 Å². The molecule has 3 N–H and O–H groups in total. The Balaban J connectivity index is 1.63. The molecule has 0 aliphatic carbocycles. The number of hydrogen-bond donors (Lipinski definition) is 3. The highest BCUT2D eigenvalue weighted by Crippen LogP contribution is 2.20. The molecule has 2 heterocycles. The lowest BCUT2D eigenvalue weighted by Gasteiger charge is -2.20. The first kappa shape index (κ1) is 19.8. The van der Waals surface area contributed by atoms with E-state index in [0.717, 1.165) is 36.0 Å². The molecule has 0 aliphatic heterocycles. The van der Waals surface area contributed by atoms with Crippen LogP contribution in [-0.4, -0.2) is 45.5 Å². The second-order valence-electron chi connectivity index (χ2n) is 7.04. The van der Waals surface area contributed by atoms with E-state index < -0.39 is 5.60 Å². The number of benzene rings is 1. The molecular weight excluding hydrogens is 352 g/mol. The highest BCUT2D eigenvalue weighted by molar-refractivity contribution is 5.82. The van der Waals surface area contributed by atoms with E-state index in [1.165, 1.54) is 5.56 Å². The van der Waals surface area contributed by atoms with E-state index in [4.69, 9.17) is 0 Å². The fourth-order valence-electron chi connectivity index (χ4n) is 3.05. The van der Waals surface area contributed by atoms with Crippen LogP contribution in [0.4, 0.5) is 0 Å². The van der Waals surface area contributed by atoms with Gasteiger partial charge in [0, 0.05) is 43.5 Å². The minimum Gasteiger partial charge on any atom is -0.383 e. The molecule has 0 saturated heterocycles. The highest BCUT2D eigenvalue weighted by Gasteiger charge is 2.24. The Labute approximate surface area is 165 Å². The maximum Gasteiger partial charge on any atom is 0.191 e. The number of nitrogens with zero attached hydrogens (tertiary/aromatic N) is 4. The van der Waals surface area contributed by atoms with E-state index in [0.29, 0.717) is 5.96 Å². The smallest absolute Gasteiger partial charge is 0.191 e. The predicted octanol–water partition coefficient (Wildman–Crippen LogP) is 1.97. The van der Waals surface area contributed by atoms with E-state index in [2.05, 4.69) is 50.0 Å². The van der Waals surface area contributed by atoms with Crippen molar-refractivity contribution in [3.05, 3.63) is 60.0 Å². The van der Waals surface area contributed by atoms with Gasteiger partial charge in [0.05, 0.1) is 18.3 Å². The molecule has 0 radical (unpaired) electrons. The summed E-state index contributed by atoms with van der Waals surface area (Å²) in [7, 11) is 1.83. The molecule has 2 aromatic heterocycles. The number of pyridine rings is 1. The molecule has 0 bridgehead atoms. The molecule has 3 aromatic rings. The van der Waals surface area contributed by atoms with E-state index in [9.17, 15) is 5.11 Å². The normalized spacial score (nSPS) is 14.1. The van der Waals surface area contributed by atoms with Crippen molar-refractivity contribution in [1.82, 2.24) is 25.4 Å². The average Bonchev–Trinajstić information content (AvgIpc) is 3.14. The lowest BCUT2D eigenvalue weighted by atomic mass is 10.0. The Morgan fingerprint density at radius 1 is 1.25 bits per heavy atom. The third-order valence-corrected chi connectivity index (χ3v) is 4.62. The van der Waals surface area contributed by atoms with Crippen LogP contribution in [-0.2, 0) is 19.1 Å². The maximum atomic E-state index is 10.7. The molecule has 0 amide bonds. The first-order valence-electron chi connectivity index (χ1n) is 9.56. The third-order valence-electron chi connectivity index (χ3n) is 4.62. The van der Waals surface area contributed by atoms with Crippen molar-refractivity contribution in [2.24, 2.45) is 12.0 Å². The van der Waals surface area contributed by atoms with Crippen molar-refractivity contribution in [2.45, 2.75) is 25.9 Å². The van der Waals surface area contributed by atoms with E-state index in [1.54, 1.807) is 17.8 Å². The molecule has 3 rings (SSSR count). The number of fused-ring (bicyclic) bond motifs is 1. The van der Waals surface area contributed by atoms with E-state index in [-0.39, 0.29) is 6.54 Å². The van der Waals surface area contributed by atoms with Gasteiger partial charge < -0.3 is 15.7 Å².